The molecule has 0 fully saturated rings. The van der Waals surface area contributed by atoms with Gasteiger partial charge in [0.15, 0.2) is 0 Å². The number of hydrogen-bond donors (Lipinski definition) is 0. The zero-order valence-electron chi connectivity index (χ0n) is 13.9. The SMILES string of the molecule is CC(CN(C(C)(C)C)S(C)(=O)=O)OC(C)C(C)(C)C. The summed E-state index contributed by atoms with van der Waals surface area (Å²) < 4.78 is 31.2. The molecule has 0 aliphatic rings. The van der Waals surface area contributed by atoms with Crippen LogP contribution in [0.3, 0.4) is 0 Å². The van der Waals surface area contributed by atoms with E-state index in [4.69, 9.17) is 4.74 Å². The highest BCUT2D eigenvalue weighted by atomic mass is 32.2. The van der Waals surface area contributed by atoms with Gasteiger partial charge in [-0.25, -0.2) is 8.42 Å². The maximum Gasteiger partial charge on any atom is 0.211 e. The molecule has 116 valence electrons. The Kier molecular flexibility index (Phi) is 6.06. The van der Waals surface area contributed by atoms with Crippen LogP contribution in [0.1, 0.15) is 55.4 Å². The Hall–Kier alpha value is -0.130. The van der Waals surface area contributed by atoms with E-state index in [0.29, 0.717) is 6.54 Å². The zero-order valence-corrected chi connectivity index (χ0v) is 14.8. The highest BCUT2D eigenvalue weighted by Crippen LogP contribution is 2.24. The number of sulfonamides is 1. The first-order chi connectivity index (χ1) is 8.15. The fraction of sp³-hybridized carbons (Fsp3) is 1.00. The average Bonchev–Trinajstić information content (AvgIpc) is 2.08. The fourth-order valence-electron chi connectivity index (χ4n) is 1.74. The summed E-state index contributed by atoms with van der Waals surface area (Å²) in [6.45, 7) is 16.4. The number of ether oxygens (including phenoxy) is 1. The van der Waals surface area contributed by atoms with Crippen LogP contribution in [0.4, 0.5) is 0 Å². The van der Waals surface area contributed by atoms with E-state index in [1.165, 1.54) is 10.6 Å². The van der Waals surface area contributed by atoms with Gasteiger partial charge in [-0.15, -0.1) is 0 Å². The summed E-state index contributed by atoms with van der Waals surface area (Å²) in [6, 6.07) is 0. The van der Waals surface area contributed by atoms with E-state index in [0.717, 1.165) is 0 Å². The van der Waals surface area contributed by atoms with Gasteiger partial charge < -0.3 is 4.74 Å². The molecule has 0 bridgehead atoms. The van der Waals surface area contributed by atoms with Gasteiger partial charge in [0.05, 0.1) is 18.5 Å². The summed E-state index contributed by atoms with van der Waals surface area (Å²) in [7, 11) is -3.24. The summed E-state index contributed by atoms with van der Waals surface area (Å²) in [6.07, 6.45) is 1.19. The van der Waals surface area contributed by atoms with Crippen molar-refractivity contribution < 1.29 is 13.2 Å². The second-order valence-electron chi connectivity index (χ2n) is 7.42. The Labute approximate surface area is 119 Å². The van der Waals surface area contributed by atoms with Crippen molar-refractivity contribution in [1.82, 2.24) is 4.31 Å². The van der Waals surface area contributed by atoms with Crippen LogP contribution < -0.4 is 0 Å². The minimum atomic E-state index is -3.24. The predicted molar refractivity (Wildman–Crippen MR) is 80.8 cm³/mol. The van der Waals surface area contributed by atoms with Crippen LogP contribution in [0, 0.1) is 5.41 Å². The van der Waals surface area contributed by atoms with Crippen molar-refractivity contribution in [2.45, 2.75) is 73.1 Å². The molecule has 0 radical (unpaired) electrons. The lowest BCUT2D eigenvalue weighted by molar-refractivity contribution is -0.0570. The van der Waals surface area contributed by atoms with E-state index in [9.17, 15) is 8.42 Å². The van der Waals surface area contributed by atoms with Crippen molar-refractivity contribution in [3.63, 3.8) is 0 Å². The van der Waals surface area contributed by atoms with E-state index in [1.54, 1.807) is 0 Å². The lowest BCUT2D eigenvalue weighted by Gasteiger charge is -2.37. The number of hydrogen-bond acceptors (Lipinski definition) is 3. The van der Waals surface area contributed by atoms with Crippen molar-refractivity contribution in [3.8, 4) is 0 Å². The Morgan fingerprint density at radius 3 is 1.74 bits per heavy atom. The van der Waals surface area contributed by atoms with Gasteiger partial charge in [-0.2, -0.15) is 4.31 Å². The molecule has 5 heteroatoms. The maximum atomic E-state index is 11.9. The van der Waals surface area contributed by atoms with Crippen LogP contribution in [0.25, 0.3) is 0 Å². The second-order valence-corrected chi connectivity index (χ2v) is 9.33. The van der Waals surface area contributed by atoms with Gasteiger partial charge >= 0.3 is 0 Å². The summed E-state index contributed by atoms with van der Waals surface area (Å²) in [5.41, 5.74) is -0.387. The molecule has 0 aliphatic heterocycles. The lowest BCUT2D eigenvalue weighted by atomic mass is 9.90. The monoisotopic (exact) mass is 293 g/mol. The summed E-state index contributed by atoms with van der Waals surface area (Å²) in [5.74, 6) is 0. The van der Waals surface area contributed by atoms with Gasteiger partial charge in [0.1, 0.15) is 0 Å². The van der Waals surface area contributed by atoms with Crippen LogP contribution in [-0.4, -0.2) is 43.3 Å². The van der Waals surface area contributed by atoms with Gasteiger partial charge in [-0.1, -0.05) is 20.8 Å². The highest BCUT2D eigenvalue weighted by molar-refractivity contribution is 7.88. The summed E-state index contributed by atoms with van der Waals surface area (Å²) in [4.78, 5) is 0. The molecule has 0 amide bonds. The van der Waals surface area contributed by atoms with Crippen molar-refractivity contribution in [2.24, 2.45) is 5.41 Å². The molecule has 0 aliphatic carbocycles. The minimum absolute atomic E-state index is 0.0475. The van der Waals surface area contributed by atoms with Crippen LogP contribution in [0.15, 0.2) is 0 Å². The third kappa shape index (κ3) is 6.72. The Morgan fingerprint density at radius 1 is 1.05 bits per heavy atom. The fourth-order valence-corrected chi connectivity index (χ4v) is 3.21. The number of nitrogens with zero attached hydrogens (tertiary/aromatic N) is 1. The van der Waals surface area contributed by atoms with Crippen molar-refractivity contribution >= 4 is 10.0 Å². The Balaban J connectivity index is 4.82. The largest absolute Gasteiger partial charge is 0.374 e. The Bertz CT molecular complexity index is 376. The van der Waals surface area contributed by atoms with E-state index < -0.39 is 15.6 Å². The second kappa shape index (κ2) is 6.10. The van der Waals surface area contributed by atoms with Crippen molar-refractivity contribution in [1.29, 1.82) is 0 Å². The van der Waals surface area contributed by atoms with Crippen LogP contribution in [0.2, 0.25) is 0 Å². The first kappa shape index (κ1) is 18.9. The van der Waals surface area contributed by atoms with Crippen molar-refractivity contribution in [3.05, 3.63) is 0 Å². The third-order valence-electron chi connectivity index (χ3n) is 3.23. The average molecular weight is 293 g/mol. The molecule has 0 spiro atoms. The molecule has 0 heterocycles. The normalized spacial score (nSPS) is 17.6. The summed E-state index contributed by atoms with van der Waals surface area (Å²) >= 11 is 0. The van der Waals surface area contributed by atoms with Crippen LogP contribution in [0.5, 0.6) is 0 Å². The van der Waals surface area contributed by atoms with E-state index in [2.05, 4.69) is 20.8 Å². The van der Waals surface area contributed by atoms with Crippen molar-refractivity contribution in [2.75, 3.05) is 12.8 Å². The minimum Gasteiger partial charge on any atom is -0.374 e. The van der Waals surface area contributed by atoms with Gasteiger partial charge in [0.2, 0.25) is 10.0 Å². The first-order valence-electron chi connectivity index (χ1n) is 6.79. The van der Waals surface area contributed by atoms with Crippen LogP contribution >= 0.6 is 0 Å². The Morgan fingerprint density at radius 2 is 1.47 bits per heavy atom. The molecule has 4 nitrogen and oxygen atoms in total. The molecule has 0 saturated heterocycles. The van der Waals surface area contributed by atoms with Gasteiger partial charge in [-0.05, 0) is 40.0 Å². The highest BCUT2D eigenvalue weighted by Gasteiger charge is 2.32. The predicted octanol–water partition coefficient (Wildman–Crippen LogP) is 2.89. The summed E-state index contributed by atoms with van der Waals surface area (Å²) in [5, 5.41) is 0. The molecule has 19 heavy (non-hydrogen) atoms. The van der Waals surface area contributed by atoms with Crippen LogP contribution in [-0.2, 0) is 14.8 Å². The molecule has 0 saturated carbocycles. The molecule has 0 rings (SSSR count). The van der Waals surface area contributed by atoms with Gasteiger partial charge in [0, 0.05) is 12.1 Å². The molecule has 2 atom stereocenters. The van der Waals surface area contributed by atoms with E-state index in [1.807, 2.05) is 34.6 Å². The third-order valence-corrected chi connectivity index (χ3v) is 4.72. The standard InChI is InChI=1S/C14H31NO3S/c1-11(18-12(2)13(3,4)5)10-15(14(6,7)8)19(9,16)17/h11-12H,10H2,1-9H3. The molecule has 0 aromatic rings. The smallest absolute Gasteiger partial charge is 0.211 e. The molecule has 0 aromatic heterocycles. The molecule has 2 unspecified atom stereocenters. The first-order valence-corrected chi connectivity index (χ1v) is 8.64. The van der Waals surface area contributed by atoms with Gasteiger partial charge in [-0.3, -0.25) is 0 Å². The zero-order chi connectivity index (χ0) is 15.6. The molecular formula is C14H31NO3S. The number of rotatable bonds is 5. The molecular weight excluding hydrogens is 262 g/mol. The molecule has 0 N–H and O–H groups in total. The lowest BCUT2D eigenvalue weighted by Crippen LogP contribution is -2.49. The maximum absolute atomic E-state index is 11.9. The van der Waals surface area contributed by atoms with E-state index >= 15 is 0 Å². The van der Waals surface area contributed by atoms with E-state index in [-0.39, 0.29) is 17.6 Å². The van der Waals surface area contributed by atoms with Gasteiger partial charge in [0.25, 0.3) is 0 Å². The topological polar surface area (TPSA) is 46.6 Å². The molecule has 0 aromatic carbocycles. The quantitative estimate of drug-likeness (QED) is 0.783.